The van der Waals surface area contributed by atoms with E-state index in [0.717, 1.165) is 0 Å². The second kappa shape index (κ2) is 4.16. The number of anilines is 1. The smallest absolute Gasteiger partial charge is 0.145 e. The number of nitroso groups, excluding NO2 is 1. The third kappa shape index (κ3) is 2.10. The summed E-state index contributed by atoms with van der Waals surface area (Å²) in [7, 11) is 0. The van der Waals surface area contributed by atoms with Gasteiger partial charge in [0.05, 0.1) is 23.4 Å². The predicted molar refractivity (Wildman–Crippen MR) is 59.2 cm³/mol. The molecule has 0 bridgehead atoms. The predicted octanol–water partition coefficient (Wildman–Crippen LogP) is 2.21. The van der Waals surface area contributed by atoms with E-state index in [0.29, 0.717) is 29.1 Å². The lowest BCUT2D eigenvalue weighted by Gasteiger charge is -2.27. The van der Waals surface area contributed by atoms with Crippen molar-refractivity contribution in [2.24, 2.45) is 5.18 Å². The first-order valence-corrected chi connectivity index (χ1v) is 5.17. The standard InChI is InChI=1S/C9H9BrN2O3/c10-6-1-8(12-13)7(11)2-9(6)15-5-3-14-4-5/h1-2,5H,3-4,11H2. The zero-order chi connectivity index (χ0) is 10.8. The number of rotatable bonds is 3. The van der Waals surface area contributed by atoms with E-state index in [1.54, 1.807) is 6.07 Å². The van der Waals surface area contributed by atoms with Gasteiger partial charge in [-0.2, -0.15) is 0 Å². The normalized spacial score (nSPS) is 15.8. The van der Waals surface area contributed by atoms with Crippen molar-refractivity contribution in [3.05, 3.63) is 21.5 Å². The third-order valence-corrected chi connectivity index (χ3v) is 2.70. The van der Waals surface area contributed by atoms with Crippen molar-refractivity contribution in [3.8, 4) is 5.75 Å². The van der Waals surface area contributed by atoms with Crippen LogP contribution in [-0.2, 0) is 4.74 Å². The minimum absolute atomic E-state index is 0.0655. The highest BCUT2D eigenvalue weighted by molar-refractivity contribution is 9.10. The van der Waals surface area contributed by atoms with Crippen LogP contribution >= 0.6 is 15.9 Å². The highest BCUT2D eigenvalue weighted by atomic mass is 79.9. The second-order valence-corrected chi connectivity index (χ2v) is 4.06. The van der Waals surface area contributed by atoms with E-state index in [9.17, 15) is 4.91 Å². The summed E-state index contributed by atoms with van der Waals surface area (Å²) in [5, 5.41) is 2.80. The van der Waals surface area contributed by atoms with Gasteiger partial charge in [-0.1, -0.05) is 0 Å². The van der Waals surface area contributed by atoms with Crippen LogP contribution in [0.5, 0.6) is 5.75 Å². The van der Waals surface area contributed by atoms with E-state index in [4.69, 9.17) is 15.2 Å². The van der Waals surface area contributed by atoms with Gasteiger partial charge >= 0.3 is 0 Å². The molecule has 0 aromatic heterocycles. The Bertz CT molecular complexity index is 393. The third-order valence-electron chi connectivity index (χ3n) is 2.08. The lowest BCUT2D eigenvalue weighted by Crippen LogP contribution is -2.38. The summed E-state index contributed by atoms with van der Waals surface area (Å²) in [4.78, 5) is 10.4. The number of nitrogen functional groups attached to an aromatic ring is 1. The molecule has 80 valence electrons. The topological polar surface area (TPSA) is 73.9 Å². The number of ether oxygens (including phenoxy) is 2. The molecule has 1 aromatic rings. The number of nitrogens with zero attached hydrogens (tertiary/aromatic N) is 1. The first-order valence-electron chi connectivity index (χ1n) is 4.37. The van der Waals surface area contributed by atoms with E-state index in [1.165, 1.54) is 6.07 Å². The number of nitrogens with two attached hydrogens (primary N) is 1. The largest absolute Gasteiger partial charge is 0.484 e. The van der Waals surface area contributed by atoms with Crippen molar-refractivity contribution in [2.45, 2.75) is 6.10 Å². The quantitative estimate of drug-likeness (QED) is 0.676. The fourth-order valence-electron chi connectivity index (χ4n) is 1.19. The zero-order valence-electron chi connectivity index (χ0n) is 7.77. The lowest BCUT2D eigenvalue weighted by molar-refractivity contribution is -0.0799. The zero-order valence-corrected chi connectivity index (χ0v) is 9.36. The SMILES string of the molecule is Nc1cc(OC2COC2)c(Br)cc1N=O. The molecule has 2 rings (SSSR count). The minimum Gasteiger partial charge on any atom is -0.484 e. The van der Waals surface area contributed by atoms with Crippen LogP contribution in [0.3, 0.4) is 0 Å². The molecule has 0 spiro atoms. The Morgan fingerprint density at radius 2 is 2.27 bits per heavy atom. The molecule has 1 heterocycles. The van der Waals surface area contributed by atoms with Crippen LogP contribution in [0, 0.1) is 4.91 Å². The van der Waals surface area contributed by atoms with Gasteiger partial charge in [0.15, 0.2) is 0 Å². The number of benzene rings is 1. The molecular formula is C9H9BrN2O3. The second-order valence-electron chi connectivity index (χ2n) is 3.21. The van der Waals surface area contributed by atoms with Crippen LogP contribution in [-0.4, -0.2) is 19.3 Å². The molecule has 0 amide bonds. The lowest BCUT2D eigenvalue weighted by atomic mass is 10.2. The van der Waals surface area contributed by atoms with E-state index >= 15 is 0 Å². The Hall–Kier alpha value is -1.14. The van der Waals surface area contributed by atoms with Gasteiger partial charge in [0.1, 0.15) is 17.5 Å². The van der Waals surface area contributed by atoms with Crippen LogP contribution in [0.2, 0.25) is 0 Å². The molecule has 1 saturated heterocycles. The van der Waals surface area contributed by atoms with E-state index in [2.05, 4.69) is 21.1 Å². The summed E-state index contributed by atoms with van der Waals surface area (Å²) in [6.07, 6.45) is 0.0655. The Morgan fingerprint density at radius 1 is 1.53 bits per heavy atom. The number of hydrogen-bond donors (Lipinski definition) is 1. The Labute approximate surface area is 94.6 Å². The van der Waals surface area contributed by atoms with Crippen LogP contribution in [0.25, 0.3) is 0 Å². The molecule has 1 fully saturated rings. The van der Waals surface area contributed by atoms with Gasteiger partial charge in [-0.25, -0.2) is 0 Å². The summed E-state index contributed by atoms with van der Waals surface area (Å²) in [5.74, 6) is 0.605. The molecule has 0 aliphatic carbocycles. The van der Waals surface area contributed by atoms with Crippen molar-refractivity contribution in [1.82, 2.24) is 0 Å². The van der Waals surface area contributed by atoms with E-state index in [-0.39, 0.29) is 11.8 Å². The maximum Gasteiger partial charge on any atom is 0.145 e. The minimum atomic E-state index is 0.0655. The Balaban J connectivity index is 2.23. The van der Waals surface area contributed by atoms with Crippen molar-refractivity contribution < 1.29 is 9.47 Å². The highest BCUT2D eigenvalue weighted by Gasteiger charge is 2.21. The van der Waals surface area contributed by atoms with E-state index < -0.39 is 0 Å². The van der Waals surface area contributed by atoms with Crippen LogP contribution in [0.15, 0.2) is 21.8 Å². The van der Waals surface area contributed by atoms with Crippen molar-refractivity contribution in [3.63, 3.8) is 0 Å². The first kappa shape index (κ1) is 10.4. The van der Waals surface area contributed by atoms with Crippen LogP contribution in [0.4, 0.5) is 11.4 Å². The summed E-state index contributed by atoms with van der Waals surface area (Å²) in [6.45, 7) is 1.17. The molecule has 1 aliphatic rings. The van der Waals surface area contributed by atoms with Gasteiger partial charge in [0.25, 0.3) is 0 Å². The molecule has 0 saturated carbocycles. The highest BCUT2D eigenvalue weighted by Crippen LogP contribution is 2.35. The fourth-order valence-corrected chi connectivity index (χ4v) is 1.61. The van der Waals surface area contributed by atoms with Crippen molar-refractivity contribution in [1.29, 1.82) is 0 Å². The molecular weight excluding hydrogens is 264 g/mol. The van der Waals surface area contributed by atoms with Gasteiger partial charge in [0, 0.05) is 6.07 Å². The fraction of sp³-hybridized carbons (Fsp3) is 0.333. The summed E-state index contributed by atoms with van der Waals surface area (Å²) in [5.41, 5.74) is 6.13. The maximum absolute atomic E-state index is 10.4. The average Bonchev–Trinajstić information content (AvgIpc) is 2.16. The average molecular weight is 273 g/mol. The van der Waals surface area contributed by atoms with E-state index in [1.807, 2.05) is 0 Å². The molecule has 0 atom stereocenters. The molecule has 6 heteroatoms. The summed E-state index contributed by atoms with van der Waals surface area (Å²) >= 11 is 3.28. The molecule has 2 N–H and O–H groups in total. The van der Waals surface area contributed by atoms with Crippen LogP contribution < -0.4 is 10.5 Å². The maximum atomic E-state index is 10.4. The monoisotopic (exact) mass is 272 g/mol. The first-order chi connectivity index (χ1) is 7.20. The molecule has 0 radical (unpaired) electrons. The molecule has 5 nitrogen and oxygen atoms in total. The molecule has 1 aromatic carbocycles. The summed E-state index contributed by atoms with van der Waals surface area (Å²) in [6, 6.07) is 3.12. The van der Waals surface area contributed by atoms with Gasteiger partial charge in [-0.3, -0.25) is 0 Å². The van der Waals surface area contributed by atoms with Crippen LogP contribution in [0.1, 0.15) is 0 Å². The molecule has 0 unspecified atom stereocenters. The van der Waals surface area contributed by atoms with Gasteiger partial charge in [-0.05, 0) is 27.2 Å². The van der Waals surface area contributed by atoms with Crippen molar-refractivity contribution in [2.75, 3.05) is 18.9 Å². The molecule has 1 aliphatic heterocycles. The van der Waals surface area contributed by atoms with Crippen molar-refractivity contribution >= 4 is 27.3 Å². The summed E-state index contributed by atoms with van der Waals surface area (Å²) < 4.78 is 11.2. The Kier molecular flexibility index (Phi) is 2.88. The van der Waals surface area contributed by atoms with Gasteiger partial charge < -0.3 is 15.2 Å². The number of halogens is 1. The van der Waals surface area contributed by atoms with Gasteiger partial charge in [0.2, 0.25) is 0 Å². The Morgan fingerprint density at radius 3 is 2.80 bits per heavy atom. The number of hydrogen-bond acceptors (Lipinski definition) is 5. The molecule has 15 heavy (non-hydrogen) atoms. The van der Waals surface area contributed by atoms with Gasteiger partial charge in [-0.15, -0.1) is 4.91 Å².